The molecule has 0 radical (unpaired) electrons. The number of anilines is 1. The second kappa shape index (κ2) is 14.5. The number of hydrogen-bond acceptors (Lipinski definition) is 5. The van der Waals surface area contributed by atoms with Gasteiger partial charge in [-0.2, -0.15) is 5.10 Å². The molecule has 0 aliphatic carbocycles. The van der Waals surface area contributed by atoms with Crippen molar-refractivity contribution in [1.29, 1.82) is 0 Å². The maximum absolute atomic E-state index is 13.1. The van der Waals surface area contributed by atoms with E-state index >= 15 is 0 Å². The lowest BCUT2D eigenvalue weighted by molar-refractivity contribution is -0.118. The van der Waals surface area contributed by atoms with Crippen LogP contribution in [0.1, 0.15) is 28.5 Å². The van der Waals surface area contributed by atoms with E-state index in [1.165, 1.54) is 30.5 Å². The molecular formula is C35H30BrFN4O4. The molecule has 1 heterocycles. The minimum absolute atomic E-state index is 0.296. The van der Waals surface area contributed by atoms with Crippen LogP contribution >= 0.6 is 15.9 Å². The Morgan fingerprint density at radius 3 is 2.38 bits per heavy atom. The summed E-state index contributed by atoms with van der Waals surface area (Å²) in [5.41, 5.74) is 8.30. The fourth-order valence-electron chi connectivity index (χ4n) is 4.64. The molecule has 0 saturated carbocycles. The number of halogens is 2. The summed E-state index contributed by atoms with van der Waals surface area (Å²) in [6, 6.07) is 30.5. The average Bonchev–Trinajstić information content (AvgIpc) is 3.43. The molecule has 0 unspecified atom stereocenters. The summed E-state index contributed by atoms with van der Waals surface area (Å²) >= 11 is 3.47. The molecular weight excluding hydrogens is 639 g/mol. The van der Waals surface area contributed by atoms with Crippen LogP contribution in [0.2, 0.25) is 0 Å². The topological polar surface area (TPSA) is 93.9 Å². The molecule has 0 atom stereocenters. The van der Waals surface area contributed by atoms with Crippen LogP contribution in [0.4, 0.5) is 10.1 Å². The Bertz CT molecular complexity index is 1820. The highest BCUT2D eigenvalue weighted by molar-refractivity contribution is 9.10. The number of ether oxygens (including phenoxy) is 2. The maximum Gasteiger partial charge on any atom is 0.271 e. The Kier molecular flexibility index (Phi) is 10.1. The number of aromatic nitrogens is 1. The van der Waals surface area contributed by atoms with Crippen molar-refractivity contribution in [2.45, 2.75) is 13.8 Å². The van der Waals surface area contributed by atoms with E-state index in [1.807, 2.05) is 44.2 Å². The molecule has 5 aromatic rings. The lowest BCUT2D eigenvalue weighted by atomic mass is 10.1. The predicted octanol–water partition coefficient (Wildman–Crippen LogP) is 7.53. The van der Waals surface area contributed by atoms with E-state index in [2.05, 4.69) is 60.6 Å². The van der Waals surface area contributed by atoms with Gasteiger partial charge in [-0.25, -0.2) is 9.82 Å². The maximum atomic E-state index is 13.1. The largest absolute Gasteiger partial charge is 0.490 e. The molecule has 8 nitrogen and oxygen atoms in total. The third-order valence-electron chi connectivity index (χ3n) is 6.72. The number of carbonyl (C=O) groups is 2. The smallest absolute Gasteiger partial charge is 0.271 e. The van der Waals surface area contributed by atoms with Gasteiger partial charge in [0, 0.05) is 22.6 Å². The molecule has 2 amide bonds. The molecule has 1 aromatic heterocycles. The summed E-state index contributed by atoms with van der Waals surface area (Å²) in [6.45, 7) is 3.93. The molecule has 0 aliphatic heterocycles. The van der Waals surface area contributed by atoms with Crippen LogP contribution in [-0.4, -0.2) is 35.8 Å². The van der Waals surface area contributed by atoms with E-state index in [-0.39, 0.29) is 12.5 Å². The van der Waals surface area contributed by atoms with Crippen LogP contribution in [0.25, 0.3) is 16.9 Å². The summed E-state index contributed by atoms with van der Waals surface area (Å²) in [4.78, 5) is 25.2. The van der Waals surface area contributed by atoms with E-state index < -0.39 is 11.7 Å². The minimum atomic E-state index is -0.419. The van der Waals surface area contributed by atoms with Gasteiger partial charge in [0.15, 0.2) is 18.1 Å². The van der Waals surface area contributed by atoms with Gasteiger partial charge in [0.25, 0.3) is 11.8 Å². The van der Waals surface area contributed by atoms with E-state index in [0.717, 1.165) is 22.6 Å². The zero-order chi connectivity index (χ0) is 31.8. The standard InChI is InChI=1S/C35H30BrFN4O4/c1-3-44-32-20-24(19-30(36)34(32)45-22-33(42)39-28-14-12-27(37)13-15-28)21-38-40-35(43)26-10-16-29(17-11-26)41-23(2)9-18-31(41)25-7-5-4-6-8-25/h4-21H,3,22H2,1-2H3,(H,39,42)(H,40,43)/b38-21+. The Hall–Kier alpha value is -5.22. The molecule has 0 aliphatic rings. The van der Waals surface area contributed by atoms with Gasteiger partial charge < -0.3 is 19.4 Å². The van der Waals surface area contributed by atoms with E-state index in [0.29, 0.717) is 39.4 Å². The van der Waals surface area contributed by atoms with Gasteiger partial charge in [0.05, 0.1) is 23.0 Å². The number of hydrazone groups is 1. The second-order valence-corrected chi connectivity index (χ2v) is 10.8. The van der Waals surface area contributed by atoms with Gasteiger partial charge in [-0.1, -0.05) is 30.3 Å². The first-order valence-corrected chi connectivity index (χ1v) is 14.9. The summed E-state index contributed by atoms with van der Waals surface area (Å²) in [6.07, 6.45) is 1.49. The van der Waals surface area contributed by atoms with Crippen LogP contribution in [0, 0.1) is 12.7 Å². The molecule has 10 heteroatoms. The van der Waals surface area contributed by atoms with E-state index in [9.17, 15) is 14.0 Å². The highest BCUT2D eigenvalue weighted by atomic mass is 79.9. The number of aryl methyl sites for hydroxylation is 1. The van der Waals surface area contributed by atoms with Crippen LogP contribution in [0.5, 0.6) is 11.5 Å². The molecule has 5 rings (SSSR count). The van der Waals surface area contributed by atoms with Crippen molar-refractivity contribution < 1.29 is 23.5 Å². The normalized spacial score (nSPS) is 10.9. The van der Waals surface area contributed by atoms with Crippen molar-refractivity contribution in [2.75, 3.05) is 18.5 Å². The van der Waals surface area contributed by atoms with Crippen LogP contribution in [0.15, 0.2) is 113 Å². The molecule has 45 heavy (non-hydrogen) atoms. The average molecular weight is 670 g/mol. The number of nitrogens with zero attached hydrogens (tertiary/aromatic N) is 2. The first-order chi connectivity index (χ1) is 21.8. The molecule has 0 bridgehead atoms. The first-order valence-electron chi connectivity index (χ1n) is 14.1. The lowest BCUT2D eigenvalue weighted by Crippen LogP contribution is -2.20. The van der Waals surface area contributed by atoms with Gasteiger partial charge in [-0.3, -0.25) is 9.59 Å². The monoisotopic (exact) mass is 668 g/mol. The fraction of sp³-hybridized carbons (Fsp3) is 0.114. The number of benzene rings is 4. The predicted molar refractivity (Wildman–Crippen MR) is 177 cm³/mol. The van der Waals surface area contributed by atoms with Crippen LogP contribution < -0.4 is 20.2 Å². The van der Waals surface area contributed by atoms with Gasteiger partial charge in [0.1, 0.15) is 5.82 Å². The van der Waals surface area contributed by atoms with Gasteiger partial charge >= 0.3 is 0 Å². The number of hydrogen-bond donors (Lipinski definition) is 2. The molecule has 0 spiro atoms. The zero-order valence-corrected chi connectivity index (χ0v) is 26.2. The molecule has 2 N–H and O–H groups in total. The molecule has 0 saturated heterocycles. The Morgan fingerprint density at radius 1 is 0.933 bits per heavy atom. The number of rotatable bonds is 11. The third-order valence-corrected chi connectivity index (χ3v) is 7.31. The number of amides is 2. The highest BCUT2D eigenvalue weighted by Gasteiger charge is 2.15. The Morgan fingerprint density at radius 2 is 1.67 bits per heavy atom. The second-order valence-electron chi connectivity index (χ2n) is 9.91. The zero-order valence-electron chi connectivity index (χ0n) is 24.6. The van der Waals surface area contributed by atoms with Gasteiger partial charge in [-0.05, 0) is 114 Å². The SMILES string of the molecule is CCOc1cc(/C=N/NC(=O)c2ccc(-n3c(C)ccc3-c3ccccc3)cc2)cc(Br)c1OCC(=O)Nc1ccc(F)cc1. The van der Waals surface area contributed by atoms with E-state index in [1.54, 1.807) is 24.3 Å². The number of nitrogens with one attached hydrogen (secondary N) is 2. The van der Waals surface area contributed by atoms with Crippen molar-refractivity contribution in [1.82, 2.24) is 9.99 Å². The third kappa shape index (κ3) is 7.84. The van der Waals surface area contributed by atoms with Crippen molar-refractivity contribution >= 4 is 39.6 Å². The van der Waals surface area contributed by atoms with Crippen LogP contribution in [0.3, 0.4) is 0 Å². The Labute approximate surface area is 268 Å². The first kappa shape index (κ1) is 31.2. The summed E-state index contributed by atoms with van der Waals surface area (Å²) in [7, 11) is 0. The molecule has 228 valence electrons. The minimum Gasteiger partial charge on any atom is -0.490 e. The lowest BCUT2D eigenvalue weighted by Gasteiger charge is -2.14. The van der Waals surface area contributed by atoms with Gasteiger partial charge in [-0.15, -0.1) is 0 Å². The molecule has 4 aromatic carbocycles. The van der Waals surface area contributed by atoms with Crippen molar-refractivity contribution in [3.05, 3.63) is 130 Å². The summed E-state index contributed by atoms with van der Waals surface area (Å²) in [5, 5.41) is 6.77. The van der Waals surface area contributed by atoms with Crippen molar-refractivity contribution in [3.8, 4) is 28.4 Å². The summed E-state index contributed by atoms with van der Waals surface area (Å²) in [5.74, 6) is -0.451. The van der Waals surface area contributed by atoms with Crippen molar-refractivity contribution in [3.63, 3.8) is 0 Å². The van der Waals surface area contributed by atoms with Crippen molar-refractivity contribution in [2.24, 2.45) is 5.10 Å². The van der Waals surface area contributed by atoms with Crippen LogP contribution in [-0.2, 0) is 4.79 Å². The Balaban J connectivity index is 1.22. The fourth-order valence-corrected chi connectivity index (χ4v) is 5.22. The quantitative estimate of drug-likeness (QED) is 0.112. The summed E-state index contributed by atoms with van der Waals surface area (Å²) < 4.78 is 27.3. The van der Waals surface area contributed by atoms with Gasteiger partial charge in [0.2, 0.25) is 0 Å². The number of carbonyl (C=O) groups excluding carboxylic acids is 2. The van der Waals surface area contributed by atoms with E-state index in [4.69, 9.17) is 9.47 Å². The highest BCUT2D eigenvalue weighted by Crippen LogP contribution is 2.36. The molecule has 0 fully saturated rings.